The third-order valence-corrected chi connectivity index (χ3v) is 4.77. The second-order valence-corrected chi connectivity index (χ2v) is 6.59. The van der Waals surface area contributed by atoms with Crippen LogP contribution < -0.4 is 0 Å². The van der Waals surface area contributed by atoms with Gasteiger partial charge in [-0.3, -0.25) is 4.79 Å². The third-order valence-electron chi connectivity index (χ3n) is 3.77. The largest absolute Gasteiger partial charge is 0.338 e. The summed E-state index contributed by atoms with van der Waals surface area (Å²) in [6, 6.07) is 3.26. The maximum atomic E-state index is 13.3. The summed E-state index contributed by atoms with van der Waals surface area (Å²) in [4.78, 5) is 14.1. The molecule has 1 aromatic heterocycles. The van der Waals surface area contributed by atoms with E-state index in [0.717, 1.165) is 35.0 Å². The molecule has 0 spiro atoms. The number of carbonyl (C=O) groups excluding carboxylic acids is 1. The molecule has 0 bridgehead atoms. The Hall–Kier alpha value is -1.89. The Bertz CT molecular complexity index is 704. The third kappa shape index (κ3) is 2.99. The lowest BCUT2D eigenvalue weighted by atomic mass is 9.98. The summed E-state index contributed by atoms with van der Waals surface area (Å²) < 4.78 is 26.3. The summed E-state index contributed by atoms with van der Waals surface area (Å²) in [7, 11) is 0. The number of aromatic nitrogens is 2. The minimum Gasteiger partial charge on any atom is -0.338 e. The summed E-state index contributed by atoms with van der Waals surface area (Å²) in [6.07, 6.45) is 1.81. The van der Waals surface area contributed by atoms with Crippen molar-refractivity contribution in [1.29, 1.82) is 0 Å². The van der Waals surface area contributed by atoms with Gasteiger partial charge >= 0.3 is 0 Å². The summed E-state index contributed by atoms with van der Waals surface area (Å²) in [5.74, 6) is -2.06. The monoisotopic (exact) mass is 323 g/mol. The van der Waals surface area contributed by atoms with E-state index in [1.54, 1.807) is 4.90 Å². The van der Waals surface area contributed by atoms with E-state index in [-0.39, 0.29) is 17.4 Å². The number of amides is 1. The Kier molecular flexibility index (Phi) is 4.15. The Labute approximate surface area is 130 Å². The normalized spacial score (nSPS) is 18.5. The second-order valence-electron chi connectivity index (χ2n) is 5.38. The van der Waals surface area contributed by atoms with Crippen LogP contribution in [0.25, 0.3) is 0 Å². The van der Waals surface area contributed by atoms with E-state index in [2.05, 4.69) is 10.2 Å². The average molecular weight is 323 g/mol. The van der Waals surface area contributed by atoms with Crippen LogP contribution in [0.5, 0.6) is 0 Å². The number of piperidine rings is 1. The van der Waals surface area contributed by atoms with Crippen molar-refractivity contribution in [1.82, 2.24) is 15.1 Å². The Balaban J connectivity index is 1.76. The van der Waals surface area contributed by atoms with Gasteiger partial charge in [0.2, 0.25) is 0 Å². The Morgan fingerprint density at radius 1 is 1.32 bits per heavy atom. The van der Waals surface area contributed by atoms with Crippen molar-refractivity contribution < 1.29 is 13.6 Å². The fraction of sp³-hybridized carbons (Fsp3) is 0.400. The molecular weight excluding hydrogens is 308 g/mol. The lowest BCUT2D eigenvalue weighted by Crippen LogP contribution is -2.39. The topological polar surface area (TPSA) is 46.1 Å². The summed E-state index contributed by atoms with van der Waals surface area (Å²) in [6.45, 7) is 3.05. The van der Waals surface area contributed by atoms with E-state index in [1.165, 1.54) is 17.4 Å². The van der Waals surface area contributed by atoms with Gasteiger partial charge in [-0.05, 0) is 38.0 Å². The van der Waals surface area contributed by atoms with E-state index in [9.17, 15) is 13.6 Å². The first-order valence-electron chi connectivity index (χ1n) is 7.09. The zero-order valence-corrected chi connectivity index (χ0v) is 12.9. The van der Waals surface area contributed by atoms with Crippen LogP contribution in [0.4, 0.5) is 8.78 Å². The molecular formula is C15H15F2N3OS. The highest BCUT2D eigenvalue weighted by Gasteiger charge is 2.27. The van der Waals surface area contributed by atoms with E-state index < -0.39 is 11.6 Å². The van der Waals surface area contributed by atoms with Crippen LogP contribution in [-0.4, -0.2) is 34.1 Å². The van der Waals surface area contributed by atoms with Gasteiger partial charge < -0.3 is 4.90 Å². The van der Waals surface area contributed by atoms with E-state index in [1.807, 2.05) is 6.92 Å². The van der Waals surface area contributed by atoms with Crippen LogP contribution in [0.2, 0.25) is 0 Å². The summed E-state index contributed by atoms with van der Waals surface area (Å²) in [5, 5.41) is 10.0. The van der Waals surface area contributed by atoms with Crippen LogP contribution in [0.1, 0.15) is 39.1 Å². The first kappa shape index (κ1) is 15.0. The molecule has 2 aromatic rings. The van der Waals surface area contributed by atoms with Crippen molar-refractivity contribution in [3.63, 3.8) is 0 Å². The van der Waals surface area contributed by atoms with Gasteiger partial charge in [-0.1, -0.05) is 0 Å². The molecule has 3 rings (SSSR count). The van der Waals surface area contributed by atoms with Crippen LogP contribution in [-0.2, 0) is 0 Å². The Morgan fingerprint density at radius 2 is 2.14 bits per heavy atom. The molecule has 1 fully saturated rings. The van der Waals surface area contributed by atoms with E-state index in [4.69, 9.17) is 0 Å². The number of aryl methyl sites for hydroxylation is 1. The van der Waals surface area contributed by atoms with Gasteiger partial charge in [-0.15, -0.1) is 21.5 Å². The van der Waals surface area contributed by atoms with Gasteiger partial charge in [-0.2, -0.15) is 0 Å². The van der Waals surface area contributed by atoms with Crippen molar-refractivity contribution in [2.24, 2.45) is 0 Å². The number of hydrogen-bond acceptors (Lipinski definition) is 4. The minimum atomic E-state index is -1.00. The standard InChI is InChI=1S/C15H15F2N3OS/c1-9-18-19-14(22-9)11-3-2-6-20(8-11)15(21)10-4-5-12(16)13(17)7-10/h4-5,7,11H,2-3,6,8H2,1H3/t11-/m0/s1. The molecule has 22 heavy (non-hydrogen) atoms. The maximum Gasteiger partial charge on any atom is 0.253 e. The molecule has 0 aliphatic carbocycles. The molecule has 1 saturated heterocycles. The van der Waals surface area contributed by atoms with Crippen LogP contribution in [0.15, 0.2) is 18.2 Å². The van der Waals surface area contributed by atoms with Crippen molar-refractivity contribution in [2.75, 3.05) is 13.1 Å². The molecule has 0 saturated carbocycles. The lowest BCUT2D eigenvalue weighted by molar-refractivity contribution is 0.0706. The molecule has 1 atom stereocenters. The molecule has 116 valence electrons. The summed E-state index contributed by atoms with van der Waals surface area (Å²) >= 11 is 1.54. The van der Waals surface area contributed by atoms with Gasteiger partial charge in [0.25, 0.3) is 5.91 Å². The van der Waals surface area contributed by atoms with Crippen molar-refractivity contribution in [3.8, 4) is 0 Å². The molecule has 1 aliphatic rings. The highest BCUT2D eigenvalue weighted by atomic mass is 32.1. The fourth-order valence-corrected chi connectivity index (χ4v) is 3.48. The molecule has 7 heteroatoms. The van der Waals surface area contributed by atoms with Crippen molar-refractivity contribution >= 4 is 17.2 Å². The number of rotatable bonds is 2. The van der Waals surface area contributed by atoms with Gasteiger partial charge in [0, 0.05) is 24.6 Å². The predicted octanol–water partition coefficient (Wildman–Crippen LogP) is 3.14. The highest BCUT2D eigenvalue weighted by molar-refractivity contribution is 7.11. The zero-order valence-electron chi connectivity index (χ0n) is 12.1. The van der Waals surface area contributed by atoms with Crippen LogP contribution in [0, 0.1) is 18.6 Å². The predicted molar refractivity (Wildman–Crippen MR) is 78.9 cm³/mol. The van der Waals surface area contributed by atoms with Crippen molar-refractivity contribution in [2.45, 2.75) is 25.7 Å². The smallest absolute Gasteiger partial charge is 0.253 e. The van der Waals surface area contributed by atoms with Gasteiger partial charge in [0.15, 0.2) is 11.6 Å². The molecule has 2 heterocycles. The quantitative estimate of drug-likeness (QED) is 0.853. The maximum absolute atomic E-state index is 13.3. The zero-order chi connectivity index (χ0) is 15.7. The van der Waals surface area contributed by atoms with Crippen molar-refractivity contribution in [3.05, 3.63) is 45.4 Å². The number of nitrogens with zero attached hydrogens (tertiary/aromatic N) is 3. The second kappa shape index (κ2) is 6.08. The first-order valence-corrected chi connectivity index (χ1v) is 7.90. The molecule has 1 aromatic carbocycles. The van der Waals surface area contributed by atoms with Gasteiger partial charge in [0.05, 0.1) is 0 Å². The van der Waals surface area contributed by atoms with Gasteiger partial charge in [0.1, 0.15) is 10.0 Å². The highest BCUT2D eigenvalue weighted by Crippen LogP contribution is 2.29. The molecule has 1 aliphatic heterocycles. The molecule has 0 N–H and O–H groups in total. The fourth-order valence-electron chi connectivity index (χ4n) is 2.65. The number of benzene rings is 1. The van der Waals surface area contributed by atoms with Crippen LogP contribution in [0.3, 0.4) is 0 Å². The summed E-state index contributed by atoms with van der Waals surface area (Å²) in [5.41, 5.74) is 0.174. The molecule has 0 unspecified atom stereocenters. The molecule has 0 radical (unpaired) electrons. The first-order chi connectivity index (χ1) is 10.5. The Morgan fingerprint density at radius 3 is 2.82 bits per heavy atom. The number of halogens is 2. The lowest BCUT2D eigenvalue weighted by Gasteiger charge is -2.31. The average Bonchev–Trinajstić information content (AvgIpc) is 2.96. The molecule has 1 amide bonds. The van der Waals surface area contributed by atoms with E-state index in [0.29, 0.717) is 13.1 Å². The SMILES string of the molecule is Cc1nnc([C@H]2CCCN(C(=O)c3ccc(F)c(F)c3)C2)s1. The number of likely N-dealkylation sites (tertiary alicyclic amines) is 1. The number of carbonyl (C=O) groups is 1. The number of hydrogen-bond donors (Lipinski definition) is 0. The van der Waals surface area contributed by atoms with E-state index >= 15 is 0 Å². The van der Waals surface area contributed by atoms with Crippen LogP contribution >= 0.6 is 11.3 Å². The molecule has 4 nitrogen and oxygen atoms in total. The van der Waals surface area contributed by atoms with Gasteiger partial charge in [-0.25, -0.2) is 8.78 Å². The minimum absolute atomic E-state index is 0.161.